The van der Waals surface area contributed by atoms with E-state index in [4.69, 9.17) is 5.73 Å². The number of anilines is 3. The molecular formula is C31H36BrN5O2. The largest absolute Gasteiger partial charge is 0.397 e. The second-order valence-corrected chi connectivity index (χ2v) is 10.5. The van der Waals surface area contributed by atoms with E-state index in [1.54, 1.807) is 18.2 Å². The van der Waals surface area contributed by atoms with Crippen molar-refractivity contribution in [2.45, 2.75) is 32.4 Å². The van der Waals surface area contributed by atoms with Crippen LogP contribution in [0.15, 0.2) is 83.3 Å². The third-order valence-corrected chi connectivity index (χ3v) is 7.68. The summed E-state index contributed by atoms with van der Waals surface area (Å²) in [7, 11) is 0. The van der Waals surface area contributed by atoms with Gasteiger partial charge in [-0.1, -0.05) is 66.2 Å². The minimum atomic E-state index is -0.420. The average molecular weight is 591 g/mol. The first-order chi connectivity index (χ1) is 18.9. The highest BCUT2D eigenvalue weighted by Crippen LogP contribution is 2.29. The summed E-state index contributed by atoms with van der Waals surface area (Å²) in [5, 5.41) is 5.90. The summed E-state index contributed by atoms with van der Waals surface area (Å²) >= 11 is 3.45. The van der Waals surface area contributed by atoms with Crippen LogP contribution in [0.3, 0.4) is 0 Å². The molecule has 1 aliphatic rings. The molecule has 2 unspecified atom stereocenters. The molecular weight excluding hydrogens is 554 g/mol. The molecule has 1 saturated heterocycles. The van der Waals surface area contributed by atoms with E-state index < -0.39 is 6.04 Å². The first kappa shape index (κ1) is 28.5. The maximum atomic E-state index is 13.6. The standard InChI is InChI=1S/C31H36BrN5O2/c1-3-36(4-2)26-19-20-37(21-26)30(31(39)34-25-16-14-24(32)15-17-25)23-12-9-22(10-13-23)11-18-29(38)35-28-8-6-5-7-27(28)33/h5-18,26,30H,3-4,19-21,33H2,1-2H3,(H,34,39)(H,35,38). The Bertz CT molecular complexity index is 1290. The SMILES string of the molecule is CCN(CC)C1CCN(C(C(=O)Nc2ccc(Br)cc2)c2ccc(C=CC(=O)Nc3ccccc3N)cc2)C1. The normalized spacial score (nSPS) is 16.5. The highest BCUT2D eigenvalue weighted by atomic mass is 79.9. The molecule has 0 saturated carbocycles. The van der Waals surface area contributed by atoms with Gasteiger partial charge in [0.05, 0.1) is 11.4 Å². The fourth-order valence-electron chi connectivity index (χ4n) is 5.06. The van der Waals surface area contributed by atoms with Crippen LogP contribution in [-0.4, -0.2) is 53.8 Å². The van der Waals surface area contributed by atoms with Crippen molar-refractivity contribution < 1.29 is 9.59 Å². The minimum absolute atomic E-state index is 0.0550. The van der Waals surface area contributed by atoms with Crippen molar-refractivity contribution in [2.24, 2.45) is 0 Å². The number of carbonyl (C=O) groups is 2. The summed E-state index contributed by atoms with van der Waals surface area (Å²) in [5.41, 5.74) is 9.55. The molecule has 2 amide bonds. The monoisotopic (exact) mass is 589 g/mol. The molecule has 1 heterocycles. The van der Waals surface area contributed by atoms with Crippen LogP contribution in [0.4, 0.5) is 17.1 Å². The lowest BCUT2D eigenvalue weighted by atomic mass is 10.0. The lowest BCUT2D eigenvalue weighted by Gasteiger charge is -2.30. The van der Waals surface area contributed by atoms with Gasteiger partial charge in [0.1, 0.15) is 6.04 Å². The van der Waals surface area contributed by atoms with Crippen molar-refractivity contribution in [3.63, 3.8) is 0 Å². The zero-order valence-corrected chi connectivity index (χ0v) is 24.0. The van der Waals surface area contributed by atoms with Crippen molar-refractivity contribution in [1.29, 1.82) is 0 Å². The molecule has 3 aromatic rings. The lowest BCUT2D eigenvalue weighted by Crippen LogP contribution is -2.40. The topological polar surface area (TPSA) is 90.7 Å². The van der Waals surface area contributed by atoms with Crippen LogP contribution >= 0.6 is 15.9 Å². The Hall–Kier alpha value is -3.46. The molecule has 3 aromatic carbocycles. The van der Waals surface area contributed by atoms with Crippen LogP contribution in [0.5, 0.6) is 0 Å². The number of benzene rings is 3. The van der Waals surface area contributed by atoms with E-state index in [-0.39, 0.29) is 11.8 Å². The van der Waals surface area contributed by atoms with Crippen molar-refractivity contribution in [3.05, 3.63) is 94.5 Å². The number of hydrogen-bond donors (Lipinski definition) is 3. The van der Waals surface area contributed by atoms with Crippen LogP contribution in [-0.2, 0) is 9.59 Å². The van der Waals surface area contributed by atoms with Gasteiger partial charge in [-0.05, 0) is 73.1 Å². The molecule has 8 heteroatoms. The number of nitrogen functional groups attached to an aromatic ring is 1. The Balaban J connectivity index is 1.50. The number of rotatable bonds is 10. The Kier molecular flexibility index (Phi) is 9.92. The number of likely N-dealkylation sites (N-methyl/N-ethyl adjacent to an activating group) is 1. The zero-order valence-electron chi connectivity index (χ0n) is 22.4. The van der Waals surface area contributed by atoms with E-state index in [0.717, 1.165) is 53.9 Å². The van der Waals surface area contributed by atoms with Gasteiger partial charge in [-0.3, -0.25) is 19.4 Å². The molecule has 0 aromatic heterocycles. The molecule has 1 aliphatic heterocycles. The van der Waals surface area contributed by atoms with Crippen LogP contribution in [0.2, 0.25) is 0 Å². The van der Waals surface area contributed by atoms with Crippen LogP contribution in [0.1, 0.15) is 37.4 Å². The molecule has 0 spiro atoms. The third-order valence-electron chi connectivity index (χ3n) is 7.15. The highest BCUT2D eigenvalue weighted by Gasteiger charge is 2.35. The van der Waals surface area contributed by atoms with Gasteiger partial charge in [0.25, 0.3) is 0 Å². The number of halogens is 1. The molecule has 204 valence electrons. The summed E-state index contributed by atoms with van der Waals surface area (Å²) in [6.07, 6.45) is 4.27. The van der Waals surface area contributed by atoms with Gasteiger partial charge >= 0.3 is 0 Å². The van der Waals surface area contributed by atoms with Gasteiger partial charge in [0.2, 0.25) is 11.8 Å². The minimum Gasteiger partial charge on any atom is -0.397 e. The molecule has 7 nitrogen and oxygen atoms in total. The molecule has 4 N–H and O–H groups in total. The Labute approximate surface area is 239 Å². The molecule has 4 rings (SSSR count). The second kappa shape index (κ2) is 13.6. The third kappa shape index (κ3) is 7.56. The quantitative estimate of drug-likeness (QED) is 0.206. The number of nitrogens with two attached hydrogens (primary N) is 1. The lowest BCUT2D eigenvalue weighted by molar-refractivity contribution is -0.121. The van der Waals surface area contributed by atoms with Crippen molar-refractivity contribution in [1.82, 2.24) is 9.80 Å². The van der Waals surface area contributed by atoms with Gasteiger partial charge in [-0.2, -0.15) is 0 Å². The van der Waals surface area contributed by atoms with E-state index in [9.17, 15) is 9.59 Å². The predicted octanol–water partition coefficient (Wildman–Crippen LogP) is 5.78. The summed E-state index contributed by atoms with van der Waals surface area (Å²) in [6, 6.07) is 22.6. The van der Waals surface area contributed by atoms with E-state index in [0.29, 0.717) is 17.4 Å². The van der Waals surface area contributed by atoms with Gasteiger partial charge in [-0.15, -0.1) is 0 Å². The van der Waals surface area contributed by atoms with E-state index in [2.05, 4.69) is 50.2 Å². The maximum Gasteiger partial charge on any atom is 0.248 e. The van der Waals surface area contributed by atoms with E-state index >= 15 is 0 Å². The van der Waals surface area contributed by atoms with Gasteiger partial charge in [0, 0.05) is 35.4 Å². The number of carbonyl (C=O) groups excluding carboxylic acids is 2. The maximum absolute atomic E-state index is 13.6. The van der Waals surface area contributed by atoms with Crippen LogP contribution in [0, 0.1) is 0 Å². The molecule has 2 atom stereocenters. The smallest absolute Gasteiger partial charge is 0.248 e. The van der Waals surface area contributed by atoms with Crippen molar-refractivity contribution in [2.75, 3.05) is 42.5 Å². The predicted molar refractivity (Wildman–Crippen MR) is 163 cm³/mol. The Morgan fingerprint density at radius 3 is 2.38 bits per heavy atom. The number of likely N-dealkylation sites (tertiary alicyclic amines) is 1. The number of nitrogens with zero attached hydrogens (tertiary/aromatic N) is 2. The highest BCUT2D eigenvalue weighted by molar-refractivity contribution is 9.10. The Morgan fingerprint density at radius 2 is 1.72 bits per heavy atom. The molecule has 0 aliphatic carbocycles. The van der Waals surface area contributed by atoms with Crippen LogP contribution in [0.25, 0.3) is 6.08 Å². The van der Waals surface area contributed by atoms with Crippen molar-refractivity contribution >= 4 is 50.9 Å². The number of hydrogen-bond acceptors (Lipinski definition) is 5. The molecule has 0 radical (unpaired) electrons. The van der Waals surface area contributed by atoms with Gasteiger partial charge in [-0.25, -0.2) is 0 Å². The van der Waals surface area contributed by atoms with Crippen molar-refractivity contribution in [3.8, 4) is 0 Å². The molecule has 0 bridgehead atoms. The number of para-hydroxylation sites is 2. The van der Waals surface area contributed by atoms with Crippen LogP contribution < -0.4 is 16.4 Å². The van der Waals surface area contributed by atoms with E-state index in [1.165, 1.54) is 6.08 Å². The molecule has 1 fully saturated rings. The first-order valence-electron chi connectivity index (χ1n) is 13.4. The summed E-state index contributed by atoms with van der Waals surface area (Å²) in [4.78, 5) is 30.8. The summed E-state index contributed by atoms with van der Waals surface area (Å²) in [5.74, 6) is -0.316. The summed E-state index contributed by atoms with van der Waals surface area (Å²) in [6.45, 7) is 8.05. The van der Waals surface area contributed by atoms with Gasteiger partial charge in [0.15, 0.2) is 0 Å². The number of nitrogens with one attached hydrogen (secondary N) is 2. The average Bonchev–Trinajstić information content (AvgIpc) is 3.41. The number of amides is 2. The first-order valence-corrected chi connectivity index (χ1v) is 14.1. The second-order valence-electron chi connectivity index (χ2n) is 9.63. The van der Waals surface area contributed by atoms with E-state index in [1.807, 2.05) is 60.7 Å². The zero-order chi connectivity index (χ0) is 27.8. The fraction of sp³-hybridized carbons (Fsp3) is 0.290. The molecule has 39 heavy (non-hydrogen) atoms. The summed E-state index contributed by atoms with van der Waals surface area (Å²) < 4.78 is 0.961. The fourth-order valence-corrected chi connectivity index (χ4v) is 5.32. The Morgan fingerprint density at radius 1 is 1.03 bits per heavy atom. The van der Waals surface area contributed by atoms with Gasteiger partial charge < -0.3 is 16.4 Å².